The van der Waals surface area contributed by atoms with Crippen LogP contribution in [0.25, 0.3) is 0 Å². The molecule has 4 amide bonds. The van der Waals surface area contributed by atoms with E-state index in [9.17, 15) is 14.4 Å². The van der Waals surface area contributed by atoms with Gasteiger partial charge in [-0.05, 0) is 42.2 Å². The van der Waals surface area contributed by atoms with Crippen LogP contribution in [0.2, 0.25) is 10.0 Å². The van der Waals surface area contributed by atoms with E-state index in [-0.39, 0.29) is 0 Å². The van der Waals surface area contributed by atoms with Gasteiger partial charge in [0, 0.05) is 5.02 Å². The molecule has 138 valence electrons. The van der Waals surface area contributed by atoms with Crippen molar-refractivity contribution < 1.29 is 14.4 Å². The van der Waals surface area contributed by atoms with Crippen molar-refractivity contribution in [3.05, 3.63) is 63.6 Å². The molecule has 0 aromatic heterocycles. The van der Waals surface area contributed by atoms with E-state index in [0.717, 1.165) is 16.0 Å². The number of aryl methyl sites for hydroxylation is 1. The van der Waals surface area contributed by atoms with Crippen molar-refractivity contribution in [3.8, 4) is 0 Å². The summed E-state index contributed by atoms with van der Waals surface area (Å²) in [5, 5.41) is 6.09. The van der Waals surface area contributed by atoms with E-state index in [2.05, 4.69) is 10.6 Å². The molecule has 4 rings (SSSR count). The second kappa shape index (κ2) is 6.55. The number of halogens is 2. The standard InChI is InChI=1S/C19H15Cl2N3O3/c20-12-5-6-14(21)15(9-12)22-16(25)10-24-17(26)19(23-18(24)27)8-7-11-3-1-2-4-13(11)19/h1-6,9H,7-8,10H2,(H,22,25)(H,23,27)/t19-/m0/s1. The first-order valence-corrected chi connectivity index (χ1v) is 9.14. The first-order valence-electron chi connectivity index (χ1n) is 8.38. The molecule has 1 fully saturated rings. The van der Waals surface area contributed by atoms with Gasteiger partial charge in [-0.15, -0.1) is 0 Å². The quantitative estimate of drug-likeness (QED) is 0.771. The van der Waals surface area contributed by atoms with Crippen molar-refractivity contribution in [1.29, 1.82) is 0 Å². The molecule has 2 aromatic rings. The Labute approximate surface area is 165 Å². The Morgan fingerprint density at radius 2 is 1.96 bits per heavy atom. The van der Waals surface area contributed by atoms with E-state index in [1.54, 1.807) is 12.1 Å². The van der Waals surface area contributed by atoms with Crippen molar-refractivity contribution >= 4 is 46.7 Å². The van der Waals surface area contributed by atoms with Gasteiger partial charge in [0.2, 0.25) is 5.91 Å². The number of carbonyl (C=O) groups excluding carboxylic acids is 3. The molecule has 0 radical (unpaired) electrons. The van der Waals surface area contributed by atoms with Crippen molar-refractivity contribution in [2.24, 2.45) is 0 Å². The van der Waals surface area contributed by atoms with Crippen LogP contribution < -0.4 is 10.6 Å². The number of nitrogens with one attached hydrogen (secondary N) is 2. The highest BCUT2D eigenvalue weighted by Gasteiger charge is 2.55. The van der Waals surface area contributed by atoms with Crippen LogP contribution >= 0.6 is 23.2 Å². The third-order valence-corrected chi connectivity index (χ3v) is 5.49. The van der Waals surface area contributed by atoms with E-state index >= 15 is 0 Å². The van der Waals surface area contributed by atoms with Crippen molar-refractivity contribution in [2.75, 3.05) is 11.9 Å². The van der Waals surface area contributed by atoms with Crippen molar-refractivity contribution in [3.63, 3.8) is 0 Å². The van der Waals surface area contributed by atoms with Gasteiger partial charge in [0.05, 0.1) is 10.7 Å². The predicted octanol–water partition coefficient (Wildman–Crippen LogP) is 3.33. The minimum atomic E-state index is -1.08. The molecule has 6 nitrogen and oxygen atoms in total. The van der Waals surface area contributed by atoms with Crippen LogP contribution in [0.15, 0.2) is 42.5 Å². The molecule has 1 atom stereocenters. The highest BCUT2D eigenvalue weighted by molar-refractivity contribution is 6.35. The molecule has 1 heterocycles. The zero-order valence-corrected chi connectivity index (χ0v) is 15.6. The number of carbonyl (C=O) groups is 3. The molecule has 1 saturated heterocycles. The lowest BCUT2D eigenvalue weighted by Gasteiger charge is -2.22. The lowest BCUT2D eigenvalue weighted by molar-refractivity contribution is -0.134. The van der Waals surface area contributed by atoms with Crippen LogP contribution in [-0.4, -0.2) is 29.3 Å². The highest BCUT2D eigenvalue weighted by Crippen LogP contribution is 2.41. The molecule has 1 aliphatic heterocycles. The number of fused-ring (bicyclic) bond motifs is 2. The SMILES string of the molecule is O=C(CN1C(=O)N[C@]2(CCc3ccccc32)C1=O)Nc1cc(Cl)ccc1Cl. The largest absolute Gasteiger partial charge is 0.325 e. The van der Waals surface area contributed by atoms with E-state index in [1.165, 1.54) is 6.07 Å². The average Bonchev–Trinajstić information content (AvgIpc) is 3.12. The Morgan fingerprint density at radius 1 is 1.19 bits per heavy atom. The monoisotopic (exact) mass is 403 g/mol. The smallest absolute Gasteiger partial charge is 0.323 e. The summed E-state index contributed by atoms with van der Waals surface area (Å²) in [4.78, 5) is 38.8. The third-order valence-electron chi connectivity index (χ3n) is 4.93. The Hall–Kier alpha value is -2.57. The number of hydrogen-bond acceptors (Lipinski definition) is 3. The summed E-state index contributed by atoms with van der Waals surface area (Å²) in [6.07, 6.45) is 1.18. The normalized spacial score (nSPS) is 20.7. The first-order chi connectivity index (χ1) is 12.9. The summed E-state index contributed by atoms with van der Waals surface area (Å²) < 4.78 is 0. The van der Waals surface area contributed by atoms with Gasteiger partial charge >= 0.3 is 6.03 Å². The Bertz CT molecular complexity index is 978. The summed E-state index contributed by atoms with van der Waals surface area (Å²) in [5.41, 5.74) is 1.07. The maximum atomic E-state index is 13.0. The van der Waals surface area contributed by atoms with E-state index in [1.807, 2.05) is 24.3 Å². The number of imide groups is 1. The van der Waals surface area contributed by atoms with Crippen LogP contribution in [0, 0.1) is 0 Å². The van der Waals surface area contributed by atoms with Crippen LogP contribution in [0.5, 0.6) is 0 Å². The maximum absolute atomic E-state index is 13.0. The third kappa shape index (κ3) is 2.95. The van der Waals surface area contributed by atoms with Crippen LogP contribution in [-0.2, 0) is 21.5 Å². The van der Waals surface area contributed by atoms with Crippen molar-refractivity contribution in [1.82, 2.24) is 10.2 Å². The molecule has 2 aromatic carbocycles. The minimum Gasteiger partial charge on any atom is -0.323 e. The van der Waals surface area contributed by atoms with Crippen LogP contribution in [0.1, 0.15) is 17.5 Å². The first kappa shape index (κ1) is 17.8. The number of hydrogen-bond donors (Lipinski definition) is 2. The second-order valence-corrected chi connectivity index (χ2v) is 7.40. The molecule has 8 heteroatoms. The molecule has 27 heavy (non-hydrogen) atoms. The second-order valence-electron chi connectivity index (χ2n) is 6.56. The van der Waals surface area contributed by atoms with E-state index in [0.29, 0.717) is 28.6 Å². The maximum Gasteiger partial charge on any atom is 0.325 e. The van der Waals surface area contributed by atoms with Crippen LogP contribution in [0.3, 0.4) is 0 Å². The number of nitrogens with zero attached hydrogens (tertiary/aromatic N) is 1. The number of benzene rings is 2. The van der Waals surface area contributed by atoms with Gasteiger partial charge in [-0.3, -0.25) is 14.5 Å². The molecule has 2 aliphatic rings. The fourth-order valence-corrected chi connectivity index (χ4v) is 4.00. The molecular weight excluding hydrogens is 389 g/mol. The number of anilines is 1. The molecule has 0 saturated carbocycles. The average molecular weight is 404 g/mol. The Balaban J connectivity index is 1.54. The number of urea groups is 1. The molecule has 1 spiro atoms. The van der Waals surface area contributed by atoms with Gasteiger partial charge in [0.1, 0.15) is 12.1 Å². The highest BCUT2D eigenvalue weighted by atomic mass is 35.5. The van der Waals surface area contributed by atoms with E-state index in [4.69, 9.17) is 23.2 Å². The summed E-state index contributed by atoms with van der Waals surface area (Å²) >= 11 is 11.9. The fraction of sp³-hybridized carbons (Fsp3) is 0.211. The van der Waals surface area contributed by atoms with E-state index < -0.39 is 29.9 Å². The topological polar surface area (TPSA) is 78.5 Å². The molecular formula is C19H15Cl2N3O3. The summed E-state index contributed by atoms with van der Waals surface area (Å²) in [7, 11) is 0. The summed E-state index contributed by atoms with van der Waals surface area (Å²) in [6.45, 7) is -0.405. The summed E-state index contributed by atoms with van der Waals surface area (Å²) in [6, 6.07) is 11.6. The Morgan fingerprint density at radius 3 is 2.78 bits per heavy atom. The van der Waals surface area contributed by atoms with Gasteiger partial charge < -0.3 is 10.6 Å². The van der Waals surface area contributed by atoms with Gasteiger partial charge in [-0.2, -0.15) is 0 Å². The minimum absolute atomic E-state index is 0.311. The zero-order chi connectivity index (χ0) is 19.2. The lowest BCUT2D eigenvalue weighted by atomic mass is 9.92. The predicted molar refractivity (Wildman–Crippen MR) is 102 cm³/mol. The molecule has 0 bridgehead atoms. The summed E-state index contributed by atoms with van der Waals surface area (Å²) in [5.74, 6) is -0.948. The number of amides is 4. The lowest BCUT2D eigenvalue weighted by Crippen LogP contribution is -2.43. The van der Waals surface area contributed by atoms with Crippen LogP contribution in [0.4, 0.5) is 10.5 Å². The molecule has 0 unspecified atom stereocenters. The van der Waals surface area contributed by atoms with Gasteiger partial charge in [0.15, 0.2) is 0 Å². The Kier molecular flexibility index (Phi) is 4.32. The van der Waals surface area contributed by atoms with Gasteiger partial charge in [-0.1, -0.05) is 47.5 Å². The zero-order valence-electron chi connectivity index (χ0n) is 14.1. The molecule has 1 aliphatic carbocycles. The molecule has 2 N–H and O–H groups in total. The van der Waals surface area contributed by atoms with Gasteiger partial charge in [0.25, 0.3) is 5.91 Å². The fourth-order valence-electron chi connectivity index (χ4n) is 3.66. The van der Waals surface area contributed by atoms with Crippen molar-refractivity contribution in [2.45, 2.75) is 18.4 Å². The van der Waals surface area contributed by atoms with Gasteiger partial charge in [-0.25, -0.2) is 4.79 Å². The number of rotatable bonds is 3.